The largest absolute Gasteiger partial charge is 0.495 e. The average molecular weight is 535 g/mol. The molecule has 0 bridgehead atoms. The number of methoxy groups -OCH3 is 2. The summed E-state index contributed by atoms with van der Waals surface area (Å²) < 4.78 is 49.0. The van der Waals surface area contributed by atoms with Crippen LogP contribution in [0.4, 0.5) is 24.5 Å². The zero-order valence-electron chi connectivity index (χ0n) is 18.5. The molecule has 0 heterocycles. The molecule has 0 fully saturated rings. The summed E-state index contributed by atoms with van der Waals surface area (Å²) >= 11 is 11.5. The average Bonchev–Trinajstić information content (AvgIpc) is 2.78. The number of benzene rings is 2. The van der Waals surface area contributed by atoms with Crippen molar-refractivity contribution in [2.75, 3.05) is 24.9 Å². The fourth-order valence-electron chi connectivity index (χ4n) is 2.63. The van der Waals surface area contributed by atoms with E-state index >= 15 is 0 Å². The molecule has 0 aliphatic heterocycles. The molecule has 2 rings (SSSR count). The Bertz CT molecular complexity index is 1170. The molecule has 0 spiro atoms. The molecule has 2 aromatic rings. The van der Waals surface area contributed by atoms with Crippen LogP contribution in [-0.4, -0.2) is 37.7 Å². The molecule has 0 radical (unpaired) electrons. The van der Waals surface area contributed by atoms with Crippen LogP contribution in [0.3, 0.4) is 0 Å². The second-order valence-corrected chi connectivity index (χ2v) is 7.66. The summed E-state index contributed by atoms with van der Waals surface area (Å²) in [6, 6.07) is 5.64. The first-order chi connectivity index (χ1) is 16.3. The van der Waals surface area contributed by atoms with E-state index in [9.17, 15) is 27.6 Å². The normalized spacial score (nSPS) is 11.5. The third kappa shape index (κ3) is 7.76. The van der Waals surface area contributed by atoms with E-state index in [0.717, 1.165) is 6.07 Å². The molecule has 0 unspecified atom stereocenters. The number of hydrogen-bond donors (Lipinski definition) is 3. The van der Waals surface area contributed by atoms with Crippen molar-refractivity contribution in [3.8, 4) is 11.5 Å². The van der Waals surface area contributed by atoms with Gasteiger partial charge in [0.2, 0.25) is 5.91 Å². The Labute approximate surface area is 207 Å². The van der Waals surface area contributed by atoms with E-state index in [-0.39, 0.29) is 40.0 Å². The lowest BCUT2D eigenvalue weighted by Gasteiger charge is -2.12. The van der Waals surface area contributed by atoms with Crippen molar-refractivity contribution in [3.05, 3.63) is 45.9 Å². The van der Waals surface area contributed by atoms with Gasteiger partial charge in [-0.3, -0.25) is 14.4 Å². The number of hydrogen-bond acceptors (Lipinski definition) is 6. The smallest absolute Gasteiger partial charge is 0.417 e. The highest BCUT2D eigenvalue weighted by molar-refractivity contribution is 6.40. The van der Waals surface area contributed by atoms with Crippen LogP contribution in [0.2, 0.25) is 10.0 Å². The second kappa shape index (κ2) is 11.8. The zero-order valence-corrected chi connectivity index (χ0v) is 20.0. The quantitative estimate of drug-likeness (QED) is 0.275. The number of carbonyl (C=O) groups is 3. The van der Waals surface area contributed by atoms with Gasteiger partial charge in [-0.05, 0) is 25.1 Å². The molecule has 188 valence electrons. The monoisotopic (exact) mass is 534 g/mol. The van der Waals surface area contributed by atoms with Crippen LogP contribution in [0.5, 0.6) is 11.5 Å². The number of amides is 3. The Morgan fingerprint density at radius 1 is 0.943 bits per heavy atom. The Morgan fingerprint density at radius 3 is 2.20 bits per heavy atom. The summed E-state index contributed by atoms with van der Waals surface area (Å²) in [5.41, 5.74) is 0.923. The van der Waals surface area contributed by atoms with Crippen LogP contribution in [0.1, 0.15) is 18.9 Å². The van der Waals surface area contributed by atoms with Gasteiger partial charge in [-0.15, -0.1) is 0 Å². The number of halogens is 5. The number of ether oxygens (including phenoxy) is 2. The highest BCUT2D eigenvalue weighted by atomic mass is 35.5. The number of nitrogens with zero attached hydrogens (tertiary/aromatic N) is 1. The molecule has 0 aliphatic carbocycles. The first kappa shape index (κ1) is 27.7. The molecular formula is C21H19Cl2F3N4O5. The molecule has 3 N–H and O–H groups in total. The molecule has 2 aromatic carbocycles. The van der Waals surface area contributed by atoms with Crippen molar-refractivity contribution < 1.29 is 37.0 Å². The molecule has 0 atom stereocenters. The van der Waals surface area contributed by atoms with E-state index in [1.54, 1.807) is 0 Å². The van der Waals surface area contributed by atoms with Gasteiger partial charge in [0.05, 0.1) is 41.9 Å². The molecule has 9 nitrogen and oxygen atoms in total. The Hall–Kier alpha value is -3.51. The predicted octanol–water partition coefficient (Wildman–Crippen LogP) is 4.49. The molecule has 0 aromatic heterocycles. The second-order valence-electron chi connectivity index (χ2n) is 6.85. The number of alkyl halides is 3. The summed E-state index contributed by atoms with van der Waals surface area (Å²) in [6.45, 7) is 1.37. The molecule has 0 saturated heterocycles. The first-order valence-corrected chi connectivity index (χ1v) is 10.3. The summed E-state index contributed by atoms with van der Waals surface area (Å²) in [4.78, 5) is 36.4. The third-order valence-electron chi connectivity index (χ3n) is 4.25. The Balaban J connectivity index is 1.98. The highest BCUT2D eigenvalue weighted by Crippen LogP contribution is 2.37. The molecule has 35 heavy (non-hydrogen) atoms. The van der Waals surface area contributed by atoms with Gasteiger partial charge in [0, 0.05) is 23.5 Å². The van der Waals surface area contributed by atoms with E-state index in [4.69, 9.17) is 32.7 Å². The minimum Gasteiger partial charge on any atom is -0.495 e. The highest BCUT2D eigenvalue weighted by Gasteiger charge is 2.33. The lowest BCUT2D eigenvalue weighted by Crippen LogP contribution is -2.33. The fourth-order valence-corrected chi connectivity index (χ4v) is 3.09. The maximum Gasteiger partial charge on any atom is 0.417 e. The van der Waals surface area contributed by atoms with Gasteiger partial charge in [0.1, 0.15) is 11.5 Å². The van der Waals surface area contributed by atoms with Gasteiger partial charge in [0.15, 0.2) is 0 Å². The van der Waals surface area contributed by atoms with E-state index in [1.165, 1.54) is 39.3 Å². The maximum atomic E-state index is 12.9. The fraction of sp³-hybridized carbons (Fsp3) is 0.238. The van der Waals surface area contributed by atoms with Crippen molar-refractivity contribution in [1.82, 2.24) is 5.43 Å². The van der Waals surface area contributed by atoms with Crippen LogP contribution in [0.25, 0.3) is 0 Å². The van der Waals surface area contributed by atoms with Crippen LogP contribution in [0.15, 0.2) is 35.4 Å². The maximum absolute atomic E-state index is 12.9. The number of nitrogens with one attached hydrogen (secondary N) is 3. The Kier molecular flexibility index (Phi) is 9.32. The van der Waals surface area contributed by atoms with E-state index in [1.807, 2.05) is 5.43 Å². The zero-order chi connectivity index (χ0) is 26.3. The van der Waals surface area contributed by atoms with E-state index in [0.29, 0.717) is 6.07 Å². The van der Waals surface area contributed by atoms with Crippen LogP contribution in [0, 0.1) is 0 Å². The van der Waals surface area contributed by atoms with Crippen molar-refractivity contribution in [1.29, 1.82) is 0 Å². The summed E-state index contributed by atoms with van der Waals surface area (Å²) in [5, 5.41) is 7.95. The standard InChI is InChI=1S/C21H19Cl2F3N4O5/c1-10(6-18(31)27-11-4-5-13(22)12(7-11)21(24,25)26)29-30-20(33)19(32)28-15-9-16(34-2)14(23)8-17(15)35-3/h4-5,7-9H,6H2,1-3H3,(H,27,31)(H,28,32)(H,30,33)/b29-10+. The predicted molar refractivity (Wildman–Crippen MR) is 124 cm³/mol. The van der Waals surface area contributed by atoms with Gasteiger partial charge in [-0.1, -0.05) is 23.2 Å². The first-order valence-electron chi connectivity index (χ1n) is 9.58. The van der Waals surface area contributed by atoms with Crippen molar-refractivity contribution in [2.24, 2.45) is 5.10 Å². The van der Waals surface area contributed by atoms with Gasteiger partial charge in [-0.25, -0.2) is 5.43 Å². The number of carbonyl (C=O) groups excluding carboxylic acids is 3. The summed E-state index contributed by atoms with van der Waals surface area (Å²) in [6.07, 6.45) is -5.07. The van der Waals surface area contributed by atoms with Crippen LogP contribution >= 0.6 is 23.2 Å². The minimum atomic E-state index is -4.69. The van der Waals surface area contributed by atoms with Crippen LogP contribution < -0.4 is 25.5 Å². The van der Waals surface area contributed by atoms with Gasteiger partial charge < -0.3 is 20.1 Å². The topological polar surface area (TPSA) is 118 Å². The van der Waals surface area contributed by atoms with Crippen molar-refractivity contribution in [2.45, 2.75) is 19.5 Å². The van der Waals surface area contributed by atoms with E-state index < -0.39 is 34.5 Å². The minimum absolute atomic E-state index is 0.0689. The number of anilines is 2. The molecule has 0 aliphatic rings. The van der Waals surface area contributed by atoms with Crippen LogP contribution in [-0.2, 0) is 20.6 Å². The number of rotatable bonds is 7. The third-order valence-corrected chi connectivity index (χ3v) is 4.87. The van der Waals surface area contributed by atoms with Gasteiger partial charge >= 0.3 is 18.0 Å². The van der Waals surface area contributed by atoms with Gasteiger partial charge in [-0.2, -0.15) is 18.3 Å². The molecule has 0 saturated carbocycles. The van der Waals surface area contributed by atoms with Crippen molar-refractivity contribution in [3.63, 3.8) is 0 Å². The Morgan fingerprint density at radius 2 is 1.60 bits per heavy atom. The number of hydrazone groups is 1. The summed E-state index contributed by atoms with van der Waals surface area (Å²) in [5.74, 6) is -2.57. The summed E-state index contributed by atoms with van der Waals surface area (Å²) in [7, 11) is 2.70. The SMILES string of the molecule is COc1cc(NC(=O)C(=O)N/N=C(\C)CC(=O)Nc2ccc(Cl)c(C(F)(F)F)c2)c(OC)cc1Cl. The molecular weight excluding hydrogens is 516 g/mol. The lowest BCUT2D eigenvalue weighted by molar-refractivity contribution is -0.137. The lowest BCUT2D eigenvalue weighted by atomic mass is 10.2. The van der Waals surface area contributed by atoms with Crippen molar-refractivity contribution >= 4 is 58.0 Å². The van der Waals surface area contributed by atoms with E-state index in [2.05, 4.69) is 15.7 Å². The molecule has 3 amide bonds. The van der Waals surface area contributed by atoms with Gasteiger partial charge in [0.25, 0.3) is 0 Å². The molecule has 14 heteroatoms.